The summed E-state index contributed by atoms with van der Waals surface area (Å²) >= 11 is 0. The fourth-order valence-corrected chi connectivity index (χ4v) is 2.54. The van der Waals surface area contributed by atoms with Gasteiger partial charge in [-0.2, -0.15) is 5.10 Å². The van der Waals surface area contributed by atoms with Gasteiger partial charge in [-0.05, 0) is 12.0 Å². The molecule has 0 aliphatic rings. The average molecular weight is 310 g/mol. The van der Waals surface area contributed by atoms with Crippen molar-refractivity contribution in [2.24, 2.45) is 0 Å². The minimum absolute atomic E-state index is 0.154. The predicted octanol–water partition coefficient (Wildman–Crippen LogP) is 2.06. The summed E-state index contributed by atoms with van der Waals surface area (Å²) in [5.41, 5.74) is 1.69. The summed E-state index contributed by atoms with van der Waals surface area (Å²) in [5.74, 6) is -0.217. The molecular weight excluding hydrogens is 292 g/mol. The van der Waals surface area contributed by atoms with Gasteiger partial charge in [0.05, 0.1) is 11.8 Å². The van der Waals surface area contributed by atoms with Gasteiger partial charge in [0, 0.05) is 24.7 Å². The molecule has 3 aromatic rings. The van der Waals surface area contributed by atoms with E-state index in [1.165, 1.54) is 6.20 Å². The number of nitrogens with zero attached hydrogens (tertiary/aromatic N) is 2. The molecule has 0 bridgehead atoms. The maximum Gasteiger partial charge on any atom is 0.276 e. The second-order valence-corrected chi connectivity index (χ2v) is 5.37. The molecule has 3 rings (SSSR count). The Kier molecular flexibility index (Phi) is 4.23. The third-order valence-corrected chi connectivity index (χ3v) is 3.69. The highest BCUT2D eigenvalue weighted by Gasteiger charge is 2.16. The number of aromatic nitrogens is 3. The van der Waals surface area contributed by atoms with Crippen molar-refractivity contribution in [3.63, 3.8) is 0 Å². The van der Waals surface area contributed by atoms with Crippen LogP contribution in [0.1, 0.15) is 29.3 Å². The normalized spacial score (nSPS) is 10.8. The summed E-state index contributed by atoms with van der Waals surface area (Å²) in [5, 5.41) is 10.0. The maximum atomic E-state index is 12.5. The first-order valence-corrected chi connectivity index (χ1v) is 7.59. The van der Waals surface area contributed by atoms with Crippen LogP contribution in [0.5, 0.6) is 0 Å². The highest BCUT2D eigenvalue weighted by Crippen LogP contribution is 2.13. The van der Waals surface area contributed by atoms with E-state index in [0.717, 1.165) is 12.0 Å². The SMILES string of the molecule is CCCn1cc(C(=O)NCc2ccccc2)c2cn[nH]c2c1=O. The number of carbonyl (C=O) groups is 1. The molecule has 2 N–H and O–H groups in total. The third kappa shape index (κ3) is 3.01. The highest BCUT2D eigenvalue weighted by atomic mass is 16.2. The second kappa shape index (κ2) is 6.48. The van der Waals surface area contributed by atoms with E-state index in [1.54, 1.807) is 10.8 Å². The first-order valence-electron chi connectivity index (χ1n) is 7.59. The molecule has 23 heavy (non-hydrogen) atoms. The smallest absolute Gasteiger partial charge is 0.276 e. The van der Waals surface area contributed by atoms with Crippen LogP contribution >= 0.6 is 0 Å². The minimum Gasteiger partial charge on any atom is -0.348 e. The predicted molar refractivity (Wildman–Crippen MR) is 88.3 cm³/mol. The molecule has 0 saturated carbocycles. The number of carbonyl (C=O) groups excluding carboxylic acids is 1. The van der Waals surface area contributed by atoms with E-state index in [0.29, 0.717) is 29.6 Å². The first-order chi connectivity index (χ1) is 11.2. The molecule has 0 aliphatic carbocycles. The van der Waals surface area contributed by atoms with Gasteiger partial charge < -0.3 is 9.88 Å². The van der Waals surface area contributed by atoms with Gasteiger partial charge in [-0.25, -0.2) is 0 Å². The molecule has 2 aromatic heterocycles. The van der Waals surface area contributed by atoms with E-state index < -0.39 is 0 Å². The Morgan fingerprint density at radius 3 is 2.83 bits per heavy atom. The number of amides is 1. The Bertz CT molecular complexity index is 880. The Morgan fingerprint density at radius 1 is 1.30 bits per heavy atom. The lowest BCUT2D eigenvalue weighted by Crippen LogP contribution is -2.27. The molecule has 1 aromatic carbocycles. The van der Waals surface area contributed by atoms with Gasteiger partial charge in [0.2, 0.25) is 0 Å². The number of aromatic amines is 1. The molecule has 118 valence electrons. The van der Waals surface area contributed by atoms with Crippen LogP contribution in [0, 0.1) is 0 Å². The van der Waals surface area contributed by atoms with Gasteiger partial charge in [0.15, 0.2) is 0 Å². The van der Waals surface area contributed by atoms with Crippen LogP contribution in [0.4, 0.5) is 0 Å². The van der Waals surface area contributed by atoms with E-state index in [1.807, 2.05) is 37.3 Å². The summed E-state index contributed by atoms with van der Waals surface area (Å²) in [7, 11) is 0. The van der Waals surface area contributed by atoms with Gasteiger partial charge in [-0.1, -0.05) is 37.3 Å². The Labute approximate surface area is 133 Å². The number of benzene rings is 1. The van der Waals surface area contributed by atoms with Crippen molar-refractivity contribution in [1.82, 2.24) is 20.1 Å². The van der Waals surface area contributed by atoms with Crippen molar-refractivity contribution >= 4 is 16.8 Å². The fourth-order valence-electron chi connectivity index (χ4n) is 2.54. The zero-order valence-corrected chi connectivity index (χ0v) is 12.9. The van der Waals surface area contributed by atoms with Gasteiger partial charge in [-0.15, -0.1) is 0 Å². The van der Waals surface area contributed by atoms with Crippen molar-refractivity contribution < 1.29 is 4.79 Å². The van der Waals surface area contributed by atoms with Crippen LogP contribution in [0.3, 0.4) is 0 Å². The van der Waals surface area contributed by atoms with Crippen LogP contribution in [0.2, 0.25) is 0 Å². The summed E-state index contributed by atoms with van der Waals surface area (Å²) in [6.45, 7) is 2.98. The molecule has 0 aliphatic heterocycles. The molecule has 0 unspecified atom stereocenters. The number of H-pyrrole nitrogens is 1. The number of nitrogens with one attached hydrogen (secondary N) is 2. The van der Waals surface area contributed by atoms with Crippen molar-refractivity contribution in [2.75, 3.05) is 0 Å². The second-order valence-electron chi connectivity index (χ2n) is 5.37. The molecule has 0 saturated heterocycles. The number of pyridine rings is 1. The largest absolute Gasteiger partial charge is 0.348 e. The van der Waals surface area contributed by atoms with Crippen molar-refractivity contribution in [1.29, 1.82) is 0 Å². The lowest BCUT2D eigenvalue weighted by Gasteiger charge is -2.10. The number of hydrogen-bond acceptors (Lipinski definition) is 3. The molecule has 0 radical (unpaired) electrons. The Balaban J connectivity index is 1.92. The maximum absolute atomic E-state index is 12.5. The zero-order valence-electron chi connectivity index (χ0n) is 12.9. The van der Waals surface area contributed by atoms with Gasteiger partial charge in [0.1, 0.15) is 5.52 Å². The molecule has 6 heteroatoms. The van der Waals surface area contributed by atoms with E-state index in [2.05, 4.69) is 15.5 Å². The Morgan fingerprint density at radius 2 is 2.09 bits per heavy atom. The molecule has 0 atom stereocenters. The molecule has 6 nitrogen and oxygen atoms in total. The van der Waals surface area contributed by atoms with Crippen LogP contribution in [-0.4, -0.2) is 20.7 Å². The molecule has 1 amide bonds. The van der Waals surface area contributed by atoms with Crippen molar-refractivity contribution in [3.05, 3.63) is 64.2 Å². The monoisotopic (exact) mass is 310 g/mol. The topological polar surface area (TPSA) is 79.8 Å². The lowest BCUT2D eigenvalue weighted by atomic mass is 10.1. The molecule has 0 fully saturated rings. The van der Waals surface area contributed by atoms with E-state index in [9.17, 15) is 9.59 Å². The summed E-state index contributed by atoms with van der Waals surface area (Å²) < 4.78 is 1.55. The zero-order chi connectivity index (χ0) is 16.2. The van der Waals surface area contributed by atoms with Gasteiger partial charge in [0.25, 0.3) is 11.5 Å². The van der Waals surface area contributed by atoms with Crippen LogP contribution in [0.25, 0.3) is 10.9 Å². The summed E-state index contributed by atoms with van der Waals surface area (Å²) in [4.78, 5) is 24.8. The quantitative estimate of drug-likeness (QED) is 0.757. The molecular formula is C17H18N4O2. The standard InChI is InChI=1S/C17H18N4O2/c1-2-8-21-11-14(13-10-19-20-15(13)17(21)23)16(22)18-9-12-6-4-3-5-7-12/h3-7,10-11H,2,8-9H2,1H3,(H,18,22)(H,19,20). The molecule has 0 spiro atoms. The van der Waals surface area contributed by atoms with Crippen molar-refractivity contribution in [2.45, 2.75) is 26.4 Å². The molecule has 2 heterocycles. The summed E-state index contributed by atoms with van der Waals surface area (Å²) in [6.07, 6.45) is 3.94. The van der Waals surface area contributed by atoms with E-state index >= 15 is 0 Å². The number of fused-ring (bicyclic) bond motifs is 1. The van der Waals surface area contributed by atoms with Gasteiger partial charge >= 0.3 is 0 Å². The van der Waals surface area contributed by atoms with Crippen LogP contribution in [0.15, 0.2) is 47.5 Å². The minimum atomic E-state index is -0.217. The number of aryl methyl sites for hydroxylation is 1. The van der Waals surface area contributed by atoms with E-state index in [-0.39, 0.29) is 11.5 Å². The summed E-state index contributed by atoms with van der Waals surface area (Å²) in [6, 6.07) is 9.69. The Hall–Kier alpha value is -2.89. The number of hydrogen-bond donors (Lipinski definition) is 2. The third-order valence-electron chi connectivity index (χ3n) is 3.69. The van der Waals surface area contributed by atoms with Crippen LogP contribution < -0.4 is 10.9 Å². The van der Waals surface area contributed by atoms with E-state index in [4.69, 9.17) is 0 Å². The first kappa shape index (κ1) is 15.0. The average Bonchev–Trinajstić information content (AvgIpc) is 3.06. The van der Waals surface area contributed by atoms with Crippen molar-refractivity contribution in [3.8, 4) is 0 Å². The van der Waals surface area contributed by atoms with Gasteiger partial charge in [-0.3, -0.25) is 14.7 Å². The highest BCUT2D eigenvalue weighted by molar-refractivity contribution is 6.05. The number of rotatable bonds is 5. The lowest BCUT2D eigenvalue weighted by molar-refractivity contribution is 0.0951. The fraction of sp³-hybridized carbons (Fsp3) is 0.235. The van der Waals surface area contributed by atoms with Crippen LogP contribution in [-0.2, 0) is 13.1 Å².